The number of piperidine rings is 1. The minimum absolute atomic E-state index is 0.000264. The second kappa shape index (κ2) is 7.17. The molecule has 8 heteroatoms. The number of likely N-dealkylation sites (tertiary alicyclic amines) is 1. The van der Waals surface area contributed by atoms with Crippen LogP contribution in [-0.2, 0) is 4.74 Å². The summed E-state index contributed by atoms with van der Waals surface area (Å²) < 4.78 is 20.5. The number of hydrogen-bond donors (Lipinski definition) is 1. The van der Waals surface area contributed by atoms with Gasteiger partial charge in [-0.25, -0.2) is 9.18 Å². The Hall–Kier alpha value is -1.15. The molecule has 1 aromatic heterocycles. The highest BCUT2D eigenvalue weighted by Gasteiger charge is 2.33. The molecule has 0 unspecified atom stereocenters. The van der Waals surface area contributed by atoms with Gasteiger partial charge in [-0.2, -0.15) is 0 Å². The van der Waals surface area contributed by atoms with Gasteiger partial charge >= 0.3 is 6.09 Å². The van der Waals surface area contributed by atoms with Gasteiger partial charge in [0.25, 0.3) is 0 Å². The molecule has 1 aliphatic heterocycles. The van der Waals surface area contributed by atoms with E-state index in [-0.39, 0.29) is 6.54 Å². The lowest BCUT2D eigenvalue weighted by Crippen LogP contribution is -2.48. The number of anilines is 1. The average Bonchev–Trinajstić information content (AvgIpc) is 2.73. The molecular weight excluding hydrogens is 385 g/mol. The van der Waals surface area contributed by atoms with Crippen molar-refractivity contribution in [2.45, 2.75) is 45.0 Å². The summed E-state index contributed by atoms with van der Waals surface area (Å²) in [6, 6.07) is 1.39. The van der Waals surface area contributed by atoms with Crippen molar-refractivity contribution in [1.29, 1.82) is 0 Å². The van der Waals surface area contributed by atoms with Crippen molar-refractivity contribution in [3.8, 4) is 0 Å². The van der Waals surface area contributed by atoms with Crippen molar-refractivity contribution >= 4 is 44.6 Å². The van der Waals surface area contributed by atoms with Crippen molar-refractivity contribution in [3.05, 3.63) is 15.4 Å². The van der Waals surface area contributed by atoms with E-state index in [4.69, 9.17) is 10.5 Å². The number of hydrogen-bond acceptors (Lipinski definition) is 5. The van der Waals surface area contributed by atoms with Gasteiger partial charge in [0.1, 0.15) is 11.8 Å². The zero-order valence-electron chi connectivity index (χ0n) is 13.4. The number of alkyl halides is 1. The highest BCUT2D eigenvalue weighted by molar-refractivity contribution is 9.11. The quantitative estimate of drug-likeness (QED) is 0.759. The SMILES string of the molecule is CC(C)(C)OC(=O)N1CC[C@H](N=Cc2cc(Br)sc2N)[C@@H](F)C1. The van der Waals surface area contributed by atoms with E-state index in [0.29, 0.717) is 18.0 Å². The van der Waals surface area contributed by atoms with Crippen molar-refractivity contribution < 1.29 is 13.9 Å². The molecule has 2 N–H and O–H groups in total. The molecule has 1 amide bonds. The number of nitrogens with two attached hydrogens (primary N) is 1. The number of aliphatic imine (C=N–C) groups is 1. The van der Waals surface area contributed by atoms with Gasteiger partial charge in [-0.1, -0.05) is 0 Å². The minimum Gasteiger partial charge on any atom is -0.444 e. The largest absolute Gasteiger partial charge is 0.444 e. The molecule has 1 aromatic rings. The Morgan fingerprint density at radius 3 is 2.83 bits per heavy atom. The number of carbonyl (C=O) groups is 1. The number of thiophene rings is 1. The highest BCUT2D eigenvalue weighted by Crippen LogP contribution is 2.28. The van der Waals surface area contributed by atoms with Crippen LogP contribution in [0, 0.1) is 0 Å². The van der Waals surface area contributed by atoms with Crippen molar-refractivity contribution in [2.24, 2.45) is 4.99 Å². The van der Waals surface area contributed by atoms with Crippen LogP contribution in [0.5, 0.6) is 0 Å². The maximum atomic E-state index is 14.3. The number of nitrogens with zero attached hydrogens (tertiary/aromatic N) is 2. The van der Waals surface area contributed by atoms with Gasteiger partial charge in [-0.15, -0.1) is 11.3 Å². The third-order valence-corrected chi connectivity index (χ3v) is 4.81. The Kier molecular flexibility index (Phi) is 5.67. The highest BCUT2D eigenvalue weighted by atomic mass is 79.9. The summed E-state index contributed by atoms with van der Waals surface area (Å²) in [6.45, 7) is 5.80. The van der Waals surface area contributed by atoms with E-state index in [0.717, 1.165) is 9.35 Å². The number of halogens is 2. The summed E-state index contributed by atoms with van der Waals surface area (Å²) in [7, 11) is 0. The molecule has 2 atom stereocenters. The number of nitrogen functional groups attached to an aromatic ring is 1. The molecule has 1 fully saturated rings. The van der Waals surface area contributed by atoms with Crippen LogP contribution < -0.4 is 5.73 Å². The lowest BCUT2D eigenvalue weighted by atomic mass is 10.0. The van der Waals surface area contributed by atoms with Crippen LogP contribution in [0.15, 0.2) is 14.8 Å². The number of carbonyl (C=O) groups excluding carboxylic acids is 1. The molecule has 5 nitrogen and oxygen atoms in total. The summed E-state index contributed by atoms with van der Waals surface area (Å²) in [4.78, 5) is 17.7. The van der Waals surface area contributed by atoms with Gasteiger partial charge in [-0.3, -0.25) is 4.99 Å². The molecule has 0 aliphatic carbocycles. The first kappa shape index (κ1) is 18.2. The molecule has 0 aromatic carbocycles. The van der Waals surface area contributed by atoms with E-state index in [1.54, 1.807) is 27.0 Å². The molecule has 0 radical (unpaired) electrons. The number of ether oxygens (including phenoxy) is 1. The first-order valence-electron chi connectivity index (χ1n) is 7.35. The fourth-order valence-electron chi connectivity index (χ4n) is 2.22. The molecular formula is C15H21BrFN3O2S. The fourth-order valence-corrected chi connectivity index (χ4v) is 3.61. The van der Waals surface area contributed by atoms with Crippen LogP contribution in [0.1, 0.15) is 32.8 Å². The van der Waals surface area contributed by atoms with Gasteiger partial charge in [0.2, 0.25) is 0 Å². The van der Waals surface area contributed by atoms with E-state index in [1.165, 1.54) is 16.2 Å². The predicted molar refractivity (Wildman–Crippen MR) is 95.1 cm³/mol. The third kappa shape index (κ3) is 5.17. The summed E-state index contributed by atoms with van der Waals surface area (Å²) in [5.74, 6) is 0. The normalized spacial score (nSPS) is 22.6. The van der Waals surface area contributed by atoms with Crippen molar-refractivity contribution in [3.63, 3.8) is 0 Å². The maximum Gasteiger partial charge on any atom is 0.410 e. The molecule has 0 spiro atoms. The Labute approximate surface area is 147 Å². The monoisotopic (exact) mass is 405 g/mol. The summed E-state index contributed by atoms with van der Waals surface area (Å²) in [6.07, 6.45) is 0.378. The molecule has 0 saturated carbocycles. The van der Waals surface area contributed by atoms with Crippen LogP contribution in [0.25, 0.3) is 0 Å². The molecule has 2 heterocycles. The summed E-state index contributed by atoms with van der Waals surface area (Å²) >= 11 is 4.76. The standard InChI is InChI=1S/C15H21BrFN3O2S/c1-15(2,3)22-14(21)20-5-4-11(10(17)8-20)19-7-9-6-12(16)23-13(9)18/h6-7,10-11H,4-5,8,18H2,1-3H3/t10-,11-/m0/s1. The van der Waals surface area contributed by atoms with Crippen molar-refractivity contribution in [1.82, 2.24) is 4.90 Å². The van der Waals surface area contributed by atoms with Crippen LogP contribution >= 0.6 is 27.3 Å². The topological polar surface area (TPSA) is 67.9 Å². The van der Waals surface area contributed by atoms with Gasteiger partial charge in [0.05, 0.1) is 21.4 Å². The Morgan fingerprint density at radius 1 is 1.61 bits per heavy atom. The zero-order valence-corrected chi connectivity index (χ0v) is 15.8. The van der Waals surface area contributed by atoms with Gasteiger partial charge in [-0.05, 0) is 49.2 Å². The Bertz CT molecular complexity index is 600. The van der Waals surface area contributed by atoms with Gasteiger partial charge in [0, 0.05) is 18.3 Å². The minimum atomic E-state index is -1.21. The van der Waals surface area contributed by atoms with Gasteiger partial charge in [0.15, 0.2) is 0 Å². The van der Waals surface area contributed by atoms with E-state index in [2.05, 4.69) is 20.9 Å². The smallest absolute Gasteiger partial charge is 0.410 e. The zero-order chi connectivity index (χ0) is 17.2. The second-order valence-corrected chi connectivity index (χ2v) is 8.91. The van der Waals surface area contributed by atoms with E-state index in [9.17, 15) is 9.18 Å². The lowest BCUT2D eigenvalue weighted by molar-refractivity contribution is 0.0117. The van der Waals surface area contributed by atoms with Crippen molar-refractivity contribution in [2.75, 3.05) is 18.8 Å². The molecule has 2 rings (SSSR count). The Balaban J connectivity index is 1.94. The summed E-state index contributed by atoms with van der Waals surface area (Å²) in [5, 5.41) is 0.641. The predicted octanol–water partition coefficient (Wildman–Crippen LogP) is 3.86. The van der Waals surface area contributed by atoms with Crippen LogP contribution in [0.4, 0.5) is 14.2 Å². The van der Waals surface area contributed by atoms with E-state index >= 15 is 0 Å². The molecule has 128 valence electrons. The average molecular weight is 406 g/mol. The van der Waals surface area contributed by atoms with Crippen LogP contribution in [0.3, 0.4) is 0 Å². The molecule has 23 heavy (non-hydrogen) atoms. The van der Waals surface area contributed by atoms with Gasteiger partial charge < -0.3 is 15.4 Å². The molecule has 1 saturated heterocycles. The second-order valence-electron chi connectivity index (χ2n) is 6.45. The third-order valence-electron chi connectivity index (χ3n) is 3.32. The summed E-state index contributed by atoms with van der Waals surface area (Å²) in [5.41, 5.74) is 6.05. The Morgan fingerprint density at radius 2 is 2.30 bits per heavy atom. The molecule has 0 bridgehead atoms. The first-order valence-corrected chi connectivity index (χ1v) is 8.96. The van der Waals surface area contributed by atoms with E-state index < -0.39 is 23.9 Å². The number of rotatable bonds is 2. The fraction of sp³-hybridized carbons (Fsp3) is 0.600. The van der Waals surface area contributed by atoms with Crippen LogP contribution in [0.2, 0.25) is 0 Å². The maximum absolute atomic E-state index is 14.3. The van der Waals surface area contributed by atoms with E-state index in [1.807, 2.05) is 6.07 Å². The molecule has 1 aliphatic rings. The van der Waals surface area contributed by atoms with Crippen LogP contribution in [-0.4, -0.2) is 48.1 Å². The lowest BCUT2D eigenvalue weighted by Gasteiger charge is -2.34. The number of amides is 1. The first-order chi connectivity index (χ1) is 10.7.